The van der Waals surface area contributed by atoms with E-state index in [0.29, 0.717) is 23.5 Å². The topological polar surface area (TPSA) is 75.6 Å². The van der Waals surface area contributed by atoms with Crippen molar-refractivity contribution in [2.24, 2.45) is 0 Å². The van der Waals surface area contributed by atoms with Crippen molar-refractivity contribution in [3.8, 4) is 0 Å². The molecule has 0 saturated carbocycles. The molecule has 1 atom stereocenters. The van der Waals surface area contributed by atoms with Crippen molar-refractivity contribution in [1.29, 1.82) is 0 Å². The Hall–Kier alpha value is -3.02. The molecule has 23 heavy (non-hydrogen) atoms. The van der Waals surface area contributed by atoms with E-state index in [1.54, 1.807) is 24.5 Å². The molecule has 2 aromatic heterocycles. The van der Waals surface area contributed by atoms with Gasteiger partial charge in [0.25, 0.3) is 0 Å². The molecule has 6 nitrogen and oxygen atoms in total. The van der Waals surface area contributed by atoms with Gasteiger partial charge in [0.1, 0.15) is 18.0 Å². The first-order chi connectivity index (χ1) is 11.3. The van der Waals surface area contributed by atoms with Crippen LogP contribution >= 0.6 is 0 Å². The summed E-state index contributed by atoms with van der Waals surface area (Å²) in [5.41, 5.74) is 1.29. The fourth-order valence-electron chi connectivity index (χ4n) is 2.15. The van der Waals surface area contributed by atoms with Gasteiger partial charge < -0.3 is 10.6 Å². The van der Waals surface area contributed by atoms with Gasteiger partial charge in [-0.25, -0.2) is 15.0 Å². The van der Waals surface area contributed by atoms with Crippen LogP contribution < -0.4 is 10.6 Å². The lowest BCUT2D eigenvalue weighted by atomic mass is 10.0. The van der Waals surface area contributed by atoms with Gasteiger partial charge >= 0.3 is 0 Å². The van der Waals surface area contributed by atoms with E-state index in [1.165, 1.54) is 11.9 Å². The number of anilines is 3. The minimum atomic E-state index is 0.373. The second kappa shape index (κ2) is 7.31. The zero-order chi connectivity index (χ0) is 15.9. The number of hydrogen-bond acceptors (Lipinski definition) is 6. The highest BCUT2D eigenvalue weighted by Crippen LogP contribution is 2.16. The van der Waals surface area contributed by atoms with Crippen molar-refractivity contribution in [3.05, 3.63) is 66.7 Å². The normalized spacial score (nSPS) is 11.7. The van der Waals surface area contributed by atoms with Crippen LogP contribution in [0.5, 0.6) is 0 Å². The largest absolute Gasteiger partial charge is 0.354 e. The summed E-state index contributed by atoms with van der Waals surface area (Å²) in [7, 11) is 0. The van der Waals surface area contributed by atoms with E-state index in [9.17, 15) is 0 Å². The summed E-state index contributed by atoms with van der Waals surface area (Å²) < 4.78 is 0. The molecular weight excluding hydrogens is 288 g/mol. The highest BCUT2D eigenvalue weighted by Gasteiger charge is 2.06. The molecule has 0 spiro atoms. The first-order valence-corrected chi connectivity index (χ1v) is 7.46. The molecule has 2 heterocycles. The second-order valence-corrected chi connectivity index (χ2v) is 5.18. The first-order valence-electron chi connectivity index (χ1n) is 7.46. The van der Waals surface area contributed by atoms with Crippen molar-refractivity contribution in [2.75, 3.05) is 17.2 Å². The average Bonchev–Trinajstić information content (AvgIpc) is 2.62. The number of benzene rings is 1. The van der Waals surface area contributed by atoms with Crippen molar-refractivity contribution in [2.45, 2.75) is 12.8 Å². The molecule has 1 aromatic carbocycles. The van der Waals surface area contributed by atoms with Crippen LogP contribution in [0.3, 0.4) is 0 Å². The van der Waals surface area contributed by atoms with Gasteiger partial charge in [-0.05, 0) is 23.6 Å². The Balaban J connectivity index is 1.61. The Kier molecular flexibility index (Phi) is 4.73. The monoisotopic (exact) mass is 306 g/mol. The van der Waals surface area contributed by atoms with Crippen LogP contribution in [0.4, 0.5) is 17.6 Å². The zero-order valence-electron chi connectivity index (χ0n) is 12.8. The molecule has 0 aliphatic heterocycles. The maximum atomic E-state index is 4.44. The van der Waals surface area contributed by atoms with E-state index in [2.05, 4.69) is 61.8 Å². The highest BCUT2D eigenvalue weighted by atomic mass is 15.2. The molecule has 6 heteroatoms. The Morgan fingerprint density at radius 3 is 2.57 bits per heavy atom. The van der Waals surface area contributed by atoms with E-state index in [-0.39, 0.29) is 0 Å². The van der Waals surface area contributed by atoms with Gasteiger partial charge in [0.05, 0.1) is 0 Å². The van der Waals surface area contributed by atoms with E-state index in [1.807, 2.05) is 6.07 Å². The molecule has 0 amide bonds. The Bertz CT molecular complexity index is 732. The molecule has 2 N–H and O–H groups in total. The summed E-state index contributed by atoms with van der Waals surface area (Å²) in [6, 6.07) is 14.0. The van der Waals surface area contributed by atoms with E-state index in [0.717, 1.165) is 6.54 Å². The molecule has 0 fully saturated rings. The Labute approximate surface area is 135 Å². The van der Waals surface area contributed by atoms with Crippen LogP contribution in [-0.4, -0.2) is 26.5 Å². The van der Waals surface area contributed by atoms with Crippen molar-refractivity contribution < 1.29 is 0 Å². The summed E-state index contributed by atoms with van der Waals surface area (Å²) in [4.78, 5) is 16.7. The first kappa shape index (κ1) is 14.9. The molecule has 0 bridgehead atoms. The Morgan fingerprint density at radius 2 is 1.78 bits per heavy atom. The summed E-state index contributed by atoms with van der Waals surface area (Å²) >= 11 is 0. The predicted molar refractivity (Wildman–Crippen MR) is 90.7 cm³/mol. The number of nitrogens with zero attached hydrogens (tertiary/aromatic N) is 4. The minimum absolute atomic E-state index is 0.373. The highest BCUT2D eigenvalue weighted by molar-refractivity contribution is 5.51. The molecule has 3 rings (SSSR count). The van der Waals surface area contributed by atoms with Gasteiger partial charge in [-0.15, -0.1) is 0 Å². The summed E-state index contributed by atoms with van der Waals surface area (Å²) in [6.45, 7) is 2.94. The fourth-order valence-corrected chi connectivity index (χ4v) is 2.15. The molecule has 0 saturated heterocycles. The van der Waals surface area contributed by atoms with Crippen LogP contribution in [0.1, 0.15) is 18.4 Å². The lowest BCUT2D eigenvalue weighted by Crippen LogP contribution is -2.12. The van der Waals surface area contributed by atoms with Crippen LogP contribution in [0, 0.1) is 0 Å². The maximum Gasteiger partial charge on any atom is 0.224 e. The molecule has 0 aliphatic rings. The third kappa shape index (κ3) is 4.23. The van der Waals surface area contributed by atoms with E-state index >= 15 is 0 Å². The van der Waals surface area contributed by atoms with E-state index < -0.39 is 0 Å². The van der Waals surface area contributed by atoms with Gasteiger partial charge in [0.15, 0.2) is 0 Å². The van der Waals surface area contributed by atoms with Gasteiger partial charge in [-0.2, -0.15) is 4.98 Å². The lowest BCUT2D eigenvalue weighted by Gasteiger charge is -2.13. The van der Waals surface area contributed by atoms with Crippen LogP contribution in [0.2, 0.25) is 0 Å². The quantitative estimate of drug-likeness (QED) is 0.728. The van der Waals surface area contributed by atoms with Crippen molar-refractivity contribution in [3.63, 3.8) is 0 Å². The zero-order valence-corrected chi connectivity index (χ0v) is 12.8. The molecule has 116 valence electrons. The maximum absolute atomic E-state index is 4.44. The molecular formula is C17H18N6. The summed E-state index contributed by atoms with van der Waals surface area (Å²) in [6.07, 6.45) is 4.88. The van der Waals surface area contributed by atoms with E-state index in [4.69, 9.17) is 0 Å². The van der Waals surface area contributed by atoms with Crippen LogP contribution in [0.25, 0.3) is 0 Å². The third-order valence-electron chi connectivity index (χ3n) is 3.43. The third-order valence-corrected chi connectivity index (χ3v) is 3.43. The molecule has 0 aliphatic carbocycles. The van der Waals surface area contributed by atoms with Gasteiger partial charge in [0, 0.05) is 18.9 Å². The molecule has 0 radical (unpaired) electrons. The second-order valence-electron chi connectivity index (χ2n) is 5.18. The summed E-state index contributed by atoms with van der Waals surface area (Å²) in [5, 5.41) is 6.40. The minimum Gasteiger partial charge on any atom is -0.354 e. The number of aromatic nitrogens is 4. The van der Waals surface area contributed by atoms with Gasteiger partial charge in [-0.1, -0.05) is 37.3 Å². The standard InChI is InChI=1S/C17H18N6/c1-13(14-5-3-2-4-6-14)11-20-17-19-10-8-16(23-17)22-15-7-9-18-12-21-15/h2-10,12-13H,11H2,1H3,(H2,18,19,20,21,22,23)/t13-/m0/s1. The number of rotatable bonds is 6. The lowest BCUT2D eigenvalue weighted by molar-refractivity contribution is 0.797. The van der Waals surface area contributed by atoms with Gasteiger partial charge in [-0.3, -0.25) is 0 Å². The van der Waals surface area contributed by atoms with Crippen molar-refractivity contribution in [1.82, 2.24) is 19.9 Å². The molecule has 0 unspecified atom stereocenters. The smallest absolute Gasteiger partial charge is 0.224 e. The van der Waals surface area contributed by atoms with Crippen LogP contribution in [-0.2, 0) is 0 Å². The summed E-state index contributed by atoms with van der Waals surface area (Å²) in [5.74, 6) is 2.35. The molecule has 3 aromatic rings. The van der Waals surface area contributed by atoms with Crippen LogP contribution in [0.15, 0.2) is 61.2 Å². The fraction of sp³-hybridized carbons (Fsp3) is 0.176. The average molecular weight is 306 g/mol. The number of nitrogens with one attached hydrogen (secondary N) is 2. The van der Waals surface area contributed by atoms with Gasteiger partial charge in [0.2, 0.25) is 5.95 Å². The van der Waals surface area contributed by atoms with Crippen molar-refractivity contribution >= 4 is 17.6 Å². The SMILES string of the molecule is C[C@@H](CNc1nccc(Nc2ccncn2)n1)c1ccccc1. The predicted octanol–water partition coefficient (Wildman–Crippen LogP) is 3.23. The Morgan fingerprint density at radius 1 is 0.957 bits per heavy atom. The number of hydrogen-bond donors (Lipinski definition) is 2.